The van der Waals surface area contributed by atoms with Gasteiger partial charge in [0.2, 0.25) is 11.8 Å². The number of nitrogens with zero attached hydrogens (tertiary/aromatic N) is 1. The second-order valence-electron chi connectivity index (χ2n) is 7.29. The van der Waals surface area contributed by atoms with Crippen molar-refractivity contribution in [3.8, 4) is 0 Å². The van der Waals surface area contributed by atoms with Gasteiger partial charge in [0.15, 0.2) is 5.60 Å². The maximum atomic E-state index is 13.4. The summed E-state index contributed by atoms with van der Waals surface area (Å²) in [5.74, 6) is -4.07. The summed E-state index contributed by atoms with van der Waals surface area (Å²) in [5, 5.41) is 0. The monoisotopic (exact) mass is 463 g/mol. The number of anilines is 1. The molecule has 4 atom stereocenters. The summed E-state index contributed by atoms with van der Waals surface area (Å²) in [6.45, 7) is 4.22. The summed E-state index contributed by atoms with van der Waals surface area (Å²) in [7, 11) is 0. The van der Waals surface area contributed by atoms with Crippen LogP contribution in [0.4, 0.5) is 5.69 Å². The molecule has 4 rings (SSSR count). The average Bonchev–Trinajstić information content (AvgIpc) is 3.28. The van der Waals surface area contributed by atoms with Gasteiger partial charge in [-0.1, -0.05) is 28.1 Å². The van der Waals surface area contributed by atoms with Crippen LogP contribution in [0.25, 0.3) is 0 Å². The molecule has 8 nitrogen and oxygen atoms in total. The first-order valence-corrected chi connectivity index (χ1v) is 9.80. The average molecular weight is 464 g/mol. The van der Waals surface area contributed by atoms with E-state index >= 15 is 0 Å². The molecule has 0 unspecified atom stereocenters. The fourth-order valence-corrected chi connectivity index (χ4v) is 4.56. The number of hydrogen-bond acceptors (Lipinski definition) is 7. The minimum atomic E-state index is -1.55. The van der Waals surface area contributed by atoms with E-state index in [1.165, 1.54) is 0 Å². The molecule has 1 aromatic rings. The minimum Gasteiger partial charge on any atom is -0.422 e. The number of aryl methyl sites for hydroxylation is 1. The molecule has 29 heavy (non-hydrogen) atoms. The number of fused-ring (bicyclic) bond motifs is 5. The van der Waals surface area contributed by atoms with E-state index in [0.717, 1.165) is 28.8 Å². The van der Waals surface area contributed by atoms with Crippen LogP contribution in [0.1, 0.15) is 19.4 Å². The largest absolute Gasteiger partial charge is 0.422 e. The smallest absolute Gasteiger partial charge is 0.305 e. The van der Waals surface area contributed by atoms with Gasteiger partial charge < -0.3 is 14.2 Å². The molecule has 3 aliphatic rings. The number of amides is 2. The number of hydrogen-bond donors (Lipinski definition) is 0. The quantitative estimate of drug-likeness (QED) is 0.291. The second kappa shape index (κ2) is 6.77. The number of halogens is 1. The number of carbonyl (C=O) groups is 4. The molecule has 0 saturated carbocycles. The Labute approximate surface area is 174 Å². The molecule has 3 aliphatic heterocycles. The second-order valence-corrected chi connectivity index (χ2v) is 8.15. The summed E-state index contributed by atoms with van der Waals surface area (Å²) in [4.78, 5) is 50.8. The Hall–Kier alpha value is -2.52. The summed E-state index contributed by atoms with van der Waals surface area (Å²) < 4.78 is 17.0. The maximum absolute atomic E-state index is 13.4. The van der Waals surface area contributed by atoms with Crippen LogP contribution < -0.4 is 4.90 Å². The third kappa shape index (κ3) is 2.91. The van der Waals surface area contributed by atoms with Gasteiger partial charge in [0, 0.05) is 18.3 Å². The normalized spacial score (nSPS) is 29.6. The van der Waals surface area contributed by atoms with Crippen LogP contribution >= 0.6 is 15.9 Å². The van der Waals surface area contributed by atoms with Gasteiger partial charge in [-0.15, -0.1) is 0 Å². The molecule has 3 heterocycles. The van der Waals surface area contributed by atoms with E-state index < -0.39 is 53.6 Å². The van der Waals surface area contributed by atoms with E-state index in [9.17, 15) is 19.2 Å². The Bertz CT molecular complexity index is 958. The van der Waals surface area contributed by atoms with Crippen molar-refractivity contribution in [1.82, 2.24) is 0 Å². The lowest BCUT2D eigenvalue weighted by molar-refractivity contribution is -0.226. The van der Waals surface area contributed by atoms with Crippen LogP contribution in [0.5, 0.6) is 0 Å². The number of imide groups is 1. The Morgan fingerprint density at radius 3 is 2.41 bits per heavy atom. The molecule has 0 N–H and O–H groups in total. The van der Waals surface area contributed by atoms with Crippen LogP contribution in [0.15, 0.2) is 34.8 Å². The Morgan fingerprint density at radius 1 is 1.17 bits per heavy atom. The zero-order chi connectivity index (χ0) is 21.1. The molecule has 152 valence electrons. The SMILES string of the molecule is CC(=O)OC(OC(C)=O)[C@@]12C=C[C@@H](O1)[C@@H]1C(=O)N(c3ccc(C)c(Br)c3)C(=O)[C@H]12. The highest BCUT2D eigenvalue weighted by Crippen LogP contribution is 2.54. The Balaban J connectivity index is 1.75. The predicted octanol–water partition coefficient (Wildman–Crippen LogP) is 2.02. The highest BCUT2D eigenvalue weighted by molar-refractivity contribution is 9.10. The standard InChI is InChI=1S/C20H18BrNO7/c1-9-4-5-12(8-13(9)21)22-17(25)15-14-6-7-20(29-14,16(15)18(22)26)19(27-10(2)23)28-11(3)24/h4-8,14-16,19H,1-3H3/t14-,15+,16+,20+/m1/s1. The number of carbonyl (C=O) groups excluding carboxylic acids is 4. The first-order chi connectivity index (χ1) is 13.7. The predicted molar refractivity (Wildman–Crippen MR) is 102 cm³/mol. The van der Waals surface area contributed by atoms with Crippen molar-refractivity contribution in [3.05, 3.63) is 40.4 Å². The van der Waals surface area contributed by atoms with Gasteiger partial charge in [-0.2, -0.15) is 0 Å². The van der Waals surface area contributed by atoms with E-state index in [1.807, 2.05) is 6.92 Å². The van der Waals surface area contributed by atoms with Gasteiger partial charge in [0.25, 0.3) is 6.29 Å². The Morgan fingerprint density at radius 2 is 1.83 bits per heavy atom. The van der Waals surface area contributed by atoms with E-state index in [4.69, 9.17) is 14.2 Å². The molecular formula is C20H18BrNO7. The molecule has 2 fully saturated rings. The molecule has 2 saturated heterocycles. The maximum Gasteiger partial charge on any atom is 0.305 e. The lowest BCUT2D eigenvalue weighted by Crippen LogP contribution is -2.52. The molecule has 2 amide bonds. The van der Waals surface area contributed by atoms with Gasteiger partial charge in [-0.3, -0.25) is 19.2 Å². The van der Waals surface area contributed by atoms with Gasteiger partial charge >= 0.3 is 11.9 Å². The summed E-state index contributed by atoms with van der Waals surface area (Å²) in [6.07, 6.45) is 1.04. The van der Waals surface area contributed by atoms with Crippen LogP contribution in [0.3, 0.4) is 0 Å². The highest BCUT2D eigenvalue weighted by Gasteiger charge is 2.72. The lowest BCUT2D eigenvalue weighted by atomic mass is 9.76. The van der Waals surface area contributed by atoms with Crippen molar-refractivity contribution in [2.75, 3.05) is 4.90 Å². The minimum absolute atomic E-state index is 0.406. The summed E-state index contributed by atoms with van der Waals surface area (Å²) >= 11 is 3.42. The molecule has 2 bridgehead atoms. The van der Waals surface area contributed by atoms with Crippen molar-refractivity contribution in [3.63, 3.8) is 0 Å². The fourth-order valence-electron chi connectivity index (χ4n) is 4.19. The highest BCUT2D eigenvalue weighted by atomic mass is 79.9. The van der Waals surface area contributed by atoms with Gasteiger partial charge in [0.05, 0.1) is 23.6 Å². The van der Waals surface area contributed by atoms with Crippen molar-refractivity contribution < 1.29 is 33.4 Å². The fraction of sp³-hybridized carbons (Fsp3) is 0.400. The van der Waals surface area contributed by atoms with Crippen molar-refractivity contribution in [2.24, 2.45) is 11.8 Å². The topological polar surface area (TPSA) is 99.2 Å². The molecule has 0 spiro atoms. The molecule has 1 aromatic carbocycles. The van der Waals surface area contributed by atoms with Crippen molar-refractivity contribution in [2.45, 2.75) is 38.8 Å². The van der Waals surface area contributed by atoms with Crippen LogP contribution in [0.2, 0.25) is 0 Å². The Kier molecular flexibility index (Phi) is 4.62. The van der Waals surface area contributed by atoms with E-state index in [0.29, 0.717) is 5.69 Å². The zero-order valence-corrected chi connectivity index (χ0v) is 17.5. The van der Waals surface area contributed by atoms with Gasteiger partial charge in [0.1, 0.15) is 0 Å². The third-order valence-electron chi connectivity index (χ3n) is 5.41. The van der Waals surface area contributed by atoms with Crippen molar-refractivity contribution in [1.29, 1.82) is 0 Å². The molecule has 0 radical (unpaired) electrons. The number of rotatable bonds is 4. The number of benzene rings is 1. The van der Waals surface area contributed by atoms with Crippen LogP contribution in [-0.4, -0.2) is 41.7 Å². The third-order valence-corrected chi connectivity index (χ3v) is 6.26. The van der Waals surface area contributed by atoms with Gasteiger partial charge in [-0.25, -0.2) is 4.90 Å². The number of esters is 2. The molecular weight excluding hydrogens is 446 g/mol. The molecule has 9 heteroatoms. The van der Waals surface area contributed by atoms with E-state index in [1.54, 1.807) is 30.4 Å². The van der Waals surface area contributed by atoms with Crippen LogP contribution in [-0.2, 0) is 33.4 Å². The lowest BCUT2D eigenvalue weighted by Gasteiger charge is -2.34. The zero-order valence-electron chi connectivity index (χ0n) is 15.9. The first-order valence-electron chi connectivity index (χ1n) is 9.01. The molecule has 0 aliphatic carbocycles. The van der Waals surface area contributed by atoms with Crippen molar-refractivity contribution >= 4 is 45.4 Å². The molecule has 0 aromatic heterocycles. The van der Waals surface area contributed by atoms with E-state index in [-0.39, 0.29) is 0 Å². The first kappa shape index (κ1) is 19.8. The van der Waals surface area contributed by atoms with E-state index in [2.05, 4.69) is 15.9 Å². The summed E-state index contributed by atoms with van der Waals surface area (Å²) in [5.41, 5.74) is -0.159. The number of ether oxygens (including phenoxy) is 3. The summed E-state index contributed by atoms with van der Waals surface area (Å²) in [6, 6.07) is 5.19. The van der Waals surface area contributed by atoms with Crippen LogP contribution in [0, 0.1) is 18.8 Å². The van der Waals surface area contributed by atoms with Gasteiger partial charge in [-0.05, 0) is 30.7 Å².